The van der Waals surface area contributed by atoms with E-state index in [4.69, 9.17) is 14.6 Å². The molecule has 0 radical (unpaired) electrons. The van der Waals surface area contributed by atoms with Gasteiger partial charge in [-0.1, -0.05) is 44.2 Å². The van der Waals surface area contributed by atoms with E-state index in [1.807, 2.05) is 0 Å². The number of aryl methyl sites for hydroxylation is 1. The third kappa shape index (κ3) is 8.61. The normalized spacial score (nSPS) is 14.2. The zero-order chi connectivity index (χ0) is 27.0. The van der Waals surface area contributed by atoms with Gasteiger partial charge in [-0.2, -0.15) is 5.26 Å². The van der Waals surface area contributed by atoms with Crippen LogP contribution in [0.5, 0.6) is 5.75 Å². The standard InChI is InChI=1S/C30H38N2O5/c1-20(2)29(35)37-26(19-36-27-15-21(10-12-28(33)34)9-11-25(27)17-31)18-32-30(3,4)16-22-13-23-7-5-6-8-24(23)14-22/h5-9,11,15,20,22,26,32H,10,12-14,16,18-19H2,1-4H3,(H,33,34)/t26-/m1/s1. The number of nitrogens with one attached hydrogen (secondary N) is 1. The molecule has 0 saturated carbocycles. The number of fused-ring (bicyclic) bond motifs is 1. The molecule has 0 aliphatic heterocycles. The highest BCUT2D eigenvalue weighted by Crippen LogP contribution is 2.32. The summed E-state index contributed by atoms with van der Waals surface area (Å²) in [6.45, 7) is 8.39. The number of ether oxygens (including phenoxy) is 2. The van der Waals surface area contributed by atoms with Gasteiger partial charge >= 0.3 is 11.9 Å². The lowest BCUT2D eigenvalue weighted by Crippen LogP contribution is -2.47. The largest absolute Gasteiger partial charge is 0.488 e. The van der Waals surface area contributed by atoms with Crippen LogP contribution in [0, 0.1) is 23.2 Å². The Morgan fingerprint density at radius 2 is 1.84 bits per heavy atom. The topological polar surface area (TPSA) is 109 Å². The van der Waals surface area contributed by atoms with E-state index in [0.717, 1.165) is 24.8 Å². The molecular weight excluding hydrogens is 468 g/mol. The maximum Gasteiger partial charge on any atom is 0.308 e. The maximum atomic E-state index is 12.4. The Morgan fingerprint density at radius 3 is 2.43 bits per heavy atom. The zero-order valence-electron chi connectivity index (χ0n) is 22.3. The van der Waals surface area contributed by atoms with Crippen molar-refractivity contribution in [2.45, 2.75) is 71.4 Å². The number of nitriles is 1. The second-order valence-electron chi connectivity index (χ2n) is 10.9. The van der Waals surface area contributed by atoms with Crippen molar-refractivity contribution in [1.29, 1.82) is 5.26 Å². The average molecular weight is 507 g/mol. The predicted molar refractivity (Wildman–Crippen MR) is 141 cm³/mol. The summed E-state index contributed by atoms with van der Waals surface area (Å²) in [7, 11) is 0. The Morgan fingerprint density at radius 1 is 1.16 bits per heavy atom. The Bertz CT molecular complexity index is 1110. The van der Waals surface area contributed by atoms with E-state index in [1.165, 1.54) is 11.1 Å². The van der Waals surface area contributed by atoms with E-state index in [1.54, 1.807) is 32.0 Å². The third-order valence-electron chi connectivity index (χ3n) is 6.72. The maximum absolute atomic E-state index is 12.4. The molecule has 0 amide bonds. The van der Waals surface area contributed by atoms with E-state index < -0.39 is 12.1 Å². The minimum absolute atomic E-state index is 0.00888. The van der Waals surface area contributed by atoms with Crippen LogP contribution in [0.25, 0.3) is 0 Å². The number of aliphatic carboxylic acids is 1. The highest BCUT2D eigenvalue weighted by Gasteiger charge is 2.29. The van der Waals surface area contributed by atoms with E-state index in [-0.39, 0.29) is 30.5 Å². The van der Waals surface area contributed by atoms with Crippen LogP contribution in [0.4, 0.5) is 0 Å². The second-order valence-corrected chi connectivity index (χ2v) is 10.9. The van der Waals surface area contributed by atoms with E-state index in [2.05, 4.69) is 49.5 Å². The summed E-state index contributed by atoms with van der Waals surface area (Å²) < 4.78 is 11.7. The summed E-state index contributed by atoms with van der Waals surface area (Å²) in [5, 5.41) is 22.0. The average Bonchev–Trinajstić information content (AvgIpc) is 3.25. The van der Waals surface area contributed by atoms with Gasteiger partial charge in [0, 0.05) is 18.5 Å². The Labute approximate surface area is 219 Å². The lowest BCUT2D eigenvalue weighted by Gasteiger charge is -2.31. The fraction of sp³-hybridized carbons (Fsp3) is 0.500. The summed E-state index contributed by atoms with van der Waals surface area (Å²) in [6.07, 6.45) is 2.91. The van der Waals surface area contributed by atoms with Gasteiger partial charge in [0.2, 0.25) is 0 Å². The summed E-state index contributed by atoms with van der Waals surface area (Å²) >= 11 is 0. The molecule has 198 valence electrons. The monoisotopic (exact) mass is 506 g/mol. The summed E-state index contributed by atoms with van der Waals surface area (Å²) in [5.74, 6) is -0.558. The number of rotatable bonds is 13. The van der Waals surface area contributed by atoms with Gasteiger partial charge in [0.25, 0.3) is 0 Å². The number of carbonyl (C=O) groups excluding carboxylic acids is 1. The van der Waals surface area contributed by atoms with Crippen LogP contribution in [0.1, 0.15) is 62.8 Å². The summed E-state index contributed by atoms with van der Waals surface area (Å²) in [4.78, 5) is 23.3. The molecule has 3 rings (SSSR count). The molecular formula is C30H38N2O5. The Hall–Kier alpha value is -3.37. The van der Waals surface area contributed by atoms with Crippen molar-refractivity contribution in [3.05, 3.63) is 64.7 Å². The van der Waals surface area contributed by atoms with Crippen molar-refractivity contribution in [3.63, 3.8) is 0 Å². The van der Waals surface area contributed by atoms with Gasteiger partial charge in [-0.05, 0) is 74.3 Å². The molecule has 0 heterocycles. The lowest BCUT2D eigenvalue weighted by atomic mass is 9.88. The van der Waals surface area contributed by atoms with Crippen molar-refractivity contribution in [2.75, 3.05) is 13.2 Å². The zero-order valence-corrected chi connectivity index (χ0v) is 22.3. The highest BCUT2D eigenvalue weighted by molar-refractivity contribution is 5.71. The number of nitrogens with zero attached hydrogens (tertiary/aromatic N) is 1. The van der Waals surface area contributed by atoms with Crippen molar-refractivity contribution >= 4 is 11.9 Å². The Kier molecular flexibility index (Phi) is 9.71. The third-order valence-corrected chi connectivity index (χ3v) is 6.72. The molecule has 2 N–H and O–H groups in total. The van der Waals surface area contributed by atoms with Crippen LogP contribution in [-0.4, -0.2) is 41.8 Å². The molecule has 0 spiro atoms. The molecule has 1 aliphatic rings. The summed E-state index contributed by atoms with van der Waals surface area (Å²) in [6, 6.07) is 15.8. The first-order chi connectivity index (χ1) is 17.6. The SMILES string of the molecule is CC(C)C(=O)O[C@H](CNC(C)(C)CC1Cc2ccccc2C1)COc1cc(CCC(=O)O)ccc1C#N. The molecule has 7 heteroatoms. The second kappa shape index (κ2) is 12.7. The van der Waals surface area contributed by atoms with E-state index >= 15 is 0 Å². The van der Waals surface area contributed by atoms with Crippen LogP contribution in [-0.2, 0) is 33.6 Å². The molecule has 1 aliphatic carbocycles. The Balaban J connectivity index is 1.63. The first kappa shape index (κ1) is 28.2. The quantitative estimate of drug-likeness (QED) is 0.379. The van der Waals surface area contributed by atoms with Gasteiger partial charge in [-0.15, -0.1) is 0 Å². The van der Waals surface area contributed by atoms with Gasteiger partial charge in [0.05, 0.1) is 11.5 Å². The van der Waals surface area contributed by atoms with Gasteiger partial charge in [-0.3, -0.25) is 9.59 Å². The molecule has 2 aromatic carbocycles. The van der Waals surface area contributed by atoms with E-state index in [9.17, 15) is 14.9 Å². The van der Waals surface area contributed by atoms with Gasteiger partial charge < -0.3 is 19.9 Å². The van der Waals surface area contributed by atoms with E-state index in [0.29, 0.717) is 30.2 Å². The smallest absolute Gasteiger partial charge is 0.308 e. The van der Waals surface area contributed by atoms with Crippen LogP contribution >= 0.6 is 0 Å². The number of hydrogen-bond donors (Lipinski definition) is 2. The first-order valence-electron chi connectivity index (χ1n) is 13.0. The minimum Gasteiger partial charge on any atom is -0.488 e. The van der Waals surface area contributed by atoms with Crippen molar-refractivity contribution in [2.24, 2.45) is 11.8 Å². The molecule has 37 heavy (non-hydrogen) atoms. The van der Waals surface area contributed by atoms with Crippen molar-refractivity contribution < 1.29 is 24.2 Å². The molecule has 0 unspecified atom stereocenters. The lowest BCUT2D eigenvalue weighted by molar-refractivity contribution is -0.154. The number of carboxylic acid groups (broad SMARTS) is 1. The van der Waals surface area contributed by atoms with Crippen LogP contribution in [0.3, 0.4) is 0 Å². The van der Waals surface area contributed by atoms with Crippen LogP contribution in [0.2, 0.25) is 0 Å². The first-order valence-corrected chi connectivity index (χ1v) is 13.0. The van der Waals surface area contributed by atoms with Crippen molar-refractivity contribution in [1.82, 2.24) is 5.32 Å². The van der Waals surface area contributed by atoms with Crippen molar-refractivity contribution in [3.8, 4) is 11.8 Å². The molecule has 0 aromatic heterocycles. The molecule has 2 aromatic rings. The molecule has 0 bridgehead atoms. The molecule has 0 fully saturated rings. The number of carboxylic acids is 1. The minimum atomic E-state index is -0.886. The molecule has 1 atom stereocenters. The molecule has 7 nitrogen and oxygen atoms in total. The fourth-order valence-electron chi connectivity index (χ4n) is 4.78. The van der Waals surface area contributed by atoms with Gasteiger partial charge in [-0.25, -0.2) is 0 Å². The predicted octanol–water partition coefficient (Wildman–Crippen LogP) is 4.70. The van der Waals surface area contributed by atoms with Crippen LogP contribution in [0.15, 0.2) is 42.5 Å². The van der Waals surface area contributed by atoms with Gasteiger partial charge in [0.15, 0.2) is 0 Å². The number of benzene rings is 2. The number of hydrogen-bond acceptors (Lipinski definition) is 6. The number of carbonyl (C=O) groups is 2. The fourth-order valence-corrected chi connectivity index (χ4v) is 4.78. The van der Waals surface area contributed by atoms with Crippen LogP contribution < -0.4 is 10.1 Å². The number of esters is 1. The highest BCUT2D eigenvalue weighted by atomic mass is 16.6. The van der Waals surface area contributed by atoms with Gasteiger partial charge in [0.1, 0.15) is 24.5 Å². The summed E-state index contributed by atoms with van der Waals surface area (Å²) in [5.41, 5.74) is 3.80. The molecule has 0 saturated heterocycles.